The first-order chi connectivity index (χ1) is 23.9. The Morgan fingerprint density at radius 1 is 1.00 bits per heavy atom. The molecule has 2 aliphatic heterocycles. The maximum atomic E-state index is 11.3. The lowest BCUT2D eigenvalue weighted by atomic mass is 9.80. The highest BCUT2D eigenvalue weighted by atomic mass is 28.4. The summed E-state index contributed by atoms with van der Waals surface area (Å²) in [5, 5.41) is 11.5. The number of allylic oxidation sites excluding steroid dienone is 1. The standard InChI is InChI=1S/C42H66O8Si/c1-30(21-31(2)25-48-51(10,11)40(4,5)6)22-35-23-37(46-27-34-17-19-36(44-9)20-18-34)28-47-42(35)24-39(49-41(7,8)50-42)32(3)38(43)29-45-26-33-15-13-12-14-16-33/h12-20,22,31-32,35,37-39,43H,21,23-29H2,1-11H3/b30-22+/t31-,32-,35-,37+,38+,39-,42+/m0/s1. The van der Waals surface area contributed by atoms with Crippen LogP contribution in [0.25, 0.3) is 0 Å². The molecule has 2 aromatic carbocycles. The van der Waals surface area contributed by atoms with E-state index in [0.717, 1.165) is 36.3 Å². The highest BCUT2D eigenvalue weighted by molar-refractivity contribution is 6.74. The third-order valence-electron chi connectivity index (χ3n) is 10.9. The van der Waals surface area contributed by atoms with Gasteiger partial charge in [0.1, 0.15) is 5.75 Å². The predicted octanol–water partition coefficient (Wildman–Crippen LogP) is 9.06. The van der Waals surface area contributed by atoms with Gasteiger partial charge < -0.3 is 38.0 Å². The lowest BCUT2D eigenvalue weighted by Crippen LogP contribution is -2.62. The molecule has 0 radical (unpaired) electrons. The maximum Gasteiger partial charge on any atom is 0.191 e. The molecule has 286 valence electrons. The first kappa shape index (κ1) is 41.7. The van der Waals surface area contributed by atoms with E-state index >= 15 is 0 Å². The molecule has 2 heterocycles. The van der Waals surface area contributed by atoms with Crippen LogP contribution in [-0.2, 0) is 41.3 Å². The zero-order valence-electron chi connectivity index (χ0n) is 33.2. The number of ether oxygens (including phenoxy) is 6. The molecule has 1 spiro atoms. The number of aliphatic hydroxyl groups excluding tert-OH is 1. The summed E-state index contributed by atoms with van der Waals surface area (Å²) >= 11 is 0. The second-order valence-electron chi connectivity index (χ2n) is 16.9. The van der Waals surface area contributed by atoms with E-state index in [1.54, 1.807) is 7.11 Å². The fourth-order valence-electron chi connectivity index (χ4n) is 6.75. The van der Waals surface area contributed by atoms with Crippen LogP contribution in [0.1, 0.15) is 85.8 Å². The molecule has 2 aromatic rings. The van der Waals surface area contributed by atoms with E-state index in [1.165, 1.54) is 5.57 Å². The van der Waals surface area contributed by atoms with Crippen LogP contribution in [0.4, 0.5) is 0 Å². The van der Waals surface area contributed by atoms with Gasteiger partial charge in [-0.25, -0.2) is 0 Å². The minimum Gasteiger partial charge on any atom is -0.497 e. The summed E-state index contributed by atoms with van der Waals surface area (Å²) in [5.41, 5.74) is 3.43. The third-order valence-corrected chi connectivity index (χ3v) is 15.4. The molecule has 2 aliphatic rings. The van der Waals surface area contributed by atoms with Crippen molar-refractivity contribution in [1.29, 1.82) is 0 Å². The Balaban J connectivity index is 1.50. The molecule has 51 heavy (non-hydrogen) atoms. The molecule has 0 amide bonds. The molecule has 0 unspecified atom stereocenters. The zero-order valence-corrected chi connectivity index (χ0v) is 34.2. The molecular formula is C42H66O8Si. The van der Waals surface area contributed by atoms with E-state index in [2.05, 4.69) is 53.8 Å². The molecule has 1 N–H and O–H groups in total. The summed E-state index contributed by atoms with van der Waals surface area (Å²) in [7, 11) is -0.170. The van der Waals surface area contributed by atoms with Crippen LogP contribution in [0.3, 0.4) is 0 Å². The van der Waals surface area contributed by atoms with Crippen molar-refractivity contribution in [2.24, 2.45) is 17.8 Å². The number of methoxy groups -OCH3 is 1. The summed E-state index contributed by atoms with van der Waals surface area (Å²) in [6.07, 6.45) is 3.33. The van der Waals surface area contributed by atoms with Gasteiger partial charge in [-0.2, -0.15) is 0 Å². The summed E-state index contributed by atoms with van der Waals surface area (Å²) in [6.45, 7) is 24.1. The summed E-state index contributed by atoms with van der Waals surface area (Å²) < 4.78 is 44.4. The molecule has 2 saturated heterocycles. The van der Waals surface area contributed by atoms with Gasteiger partial charge in [0.25, 0.3) is 0 Å². The summed E-state index contributed by atoms with van der Waals surface area (Å²) in [5.74, 6) is -0.987. The molecule has 0 aliphatic carbocycles. The third kappa shape index (κ3) is 12.0. The van der Waals surface area contributed by atoms with Gasteiger partial charge in [0.2, 0.25) is 0 Å². The second kappa shape index (κ2) is 17.8. The van der Waals surface area contributed by atoms with Crippen molar-refractivity contribution in [3.8, 4) is 5.75 Å². The molecule has 7 atom stereocenters. The Labute approximate surface area is 309 Å². The lowest BCUT2D eigenvalue weighted by Gasteiger charge is -2.54. The van der Waals surface area contributed by atoms with Crippen LogP contribution in [-0.4, -0.2) is 70.2 Å². The van der Waals surface area contributed by atoms with Crippen LogP contribution in [0.5, 0.6) is 5.75 Å². The smallest absolute Gasteiger partial charge is 0.191 e. The van der Waals surface area contributed by atoms with Crippen molar-refractivity contribution in [3.05, 3.63) is 77.4 Å². The van der Waals surface area contributed by atoms with E-state index in [4.69, 9.17) is 32.8 Å². The Hall–Kier alpha value is -2.08. The van der Waals surface area contributed by atoms with Gasteiger partial charge >= 0.3 is 0 Å². The van der Waals surface area contributed by atoms with E-state index in [-0.39, 0.29) is 35.7 Å². The SMILES string of the molecule is COc1ccc(CO[C@H]2CO[C@@]3(C[C@@H]([C@@H](C)[C@H](O)COCc4ccccc4)OC(C)(C)O3)[C@@H](/C=C(\C)C[C@H](C)CO[Si](C)(C)C(C)(C)C)C2)cc1. The molecule has 2 fully saturated rings. The minimum atomic E-state index is -1.84. The van der Waals surface area contributed by atoms with Crippen LogP contribution in [0.2, 0.25) is 18.1 Å². The maximum absolute atomic E-state index is 11.3. The van der Waals surface area contributed by atoms with Gasteiger partial charge in [-0.3, -0.25) is 0 Å². The number of rotatable bonds is 16. The van der Waals surface area contributed by atoms with Crippen molar-refractivity contribution < 1.29 is 38.0 Å². The first-order valence-electron chi connectivity index (χ1n) is 18.8. The predicted molar refractivity (Wildman–Crippen MR) is 205 cm³/mol. The van der Waals surface area contributed by atoms with Crippen molar-refractivity contribution in [2.45, 2.75) is 136 Å². The highest BCUT2D eigenvalue weighted by Crippen LogP contribution is 2.47. The molecule has 0 bridgehead atoms. The summed E-state index contributed by atoms with van der Waals surface area (Å²) in [6, 6.07) is 18.0. The monoisotopic (exact) mass is 726 g/mol. The largest absolute Gasteiger partial charge is 0.497 e. The van der Waals surface area contributed by atoms with Crippen molar-refractivity contribution in [1.82, 2.24) is 0 Å². The molecule has 0 aromatic heterocycles. The molecule has 8 nitrogen and oxygen atoms in total. The number of aliphatic hydroxyl groups is 1. The fourth-order valence-corrected chi connectivity index (χ4v) is 7.89. The van der Waals surface area contributed by atoms with Crippen LogP contribution < -0.4 is 4.74 Å². The van der Waals surface area contributed by atoms with Gasteiger partial charge in [0.05, 0.1) is 51.8 Å². The van der Waals surface area contributed by atoms with E-state index in [9.17, 15) is 5.11 Å². The van der Waals surface area contributed by atoms with E-state index < -0.39 is 26.0 Å². The van der Waals surface area contributed by atoms with Gasteiger partial charge in [0.15, 0.2) is 19.9 Å². The lowest BCUT2D eigenvalue weighted by molar-refractivity contribution is -0.429. The first-order valence-corrected chi connectivity index (χ1v) is 21.7. The Bertz CT molecular complexity index is 1370. The zero-order chi connectivity index (χ0) is 37.5. The Morgan fingerprint density at radius 3 is 2.31 bits per heavy atom. The van der Waals surface area contributed by atoms with Crippen LogP contribution in [0, 0.1) is 17.8 Å². The number of hydrogen-bond donors (Lipinski definition) is 1. The Kier molecular flexibility index (Phi) is 14.6. The average molecular weight is 727 g/mol. The van der Waals surface area contributed by atoms with E-state index in [1.807, 2.05) is 75.4 Å². The topological polar surface area (TPSA) is 84.8 Å². The van der Waals surface area contributed by atoms with Crippen molar-refractivity contribution >= 4 is 8.32 Å². The van der Waals surface area contributed by atoms with Crippen LogP contribution >= 0.6 is 0 Å². The fraction of sp³-hybridized carbons (Fsp3) is 0.667. The summed E-state index contributed by atoms with van der Waals surface area (Å²) in [4.78, 5) is 0. The normalized spacial score (nSPS) is 26.1. The van der Waals surface area contributed by atoms with Gasteiger partial charge in [-0.1, -0.05) is 88.7 Å². The average Bonchev–Trinajstić information content (AvgIpc) is 3.07. The highest BCUT2D eigenvalue weighted by Gasteiger charge is 2.55. The van der Waals surface area contributed by atoms with Gasteiger partial charge in [-0.05, 0) is 80.9 Å². The molecule has 0 saturated carbocycles. The van der Waals surface area contributed by atoms with Crippen molar-refractivity contribution in [2.75, 3.05) is 26.9 Å². The van der Waals surface area contributed by atoms with Gasteiger partial charge in [-0.15, -0.1) is 0 Å². The number of benzene rings is 2. The Morgan fingerprint density at radius 2 is 1.67 bits per heavy atom. The quantitative estimate of drug-likeness (QED) is 0.136. The minimum absolute atomic E-state index is 0.0926. The molecule has 9 heteroatoms. The molecule has 4 rings (SSSR count). The number of hydrogen-bond acceptors (Lipinski definition) is 8. The van der Waals surface area contributed by atoms with Crippen molar-refractivity contribution in [3.63, 3.8) is 0 Å². The second-order valence-corrected chi connectivity index (χ2v) is 21.7. The molecular weight excluding hydrogens is 661 g/mol. The van der Waals surface area contributed by atoms with Crippen LogP contribution in [0.15, 0.2) is 66.2 Å². The van der Waals surface area contributed by atoms with Gasteiger partial charge in [0, 0.05) is 24.9 Å². The van der Waals surface area contributed by atoms with E-state index in [0.29, 0.717) is 32.2 Å².